The topological polar surface area (TPSA) is 47.0 Å². The Balaban J connectivity index is 1.68. The number of halogens is 4. The summed E-state index contributed by atoms with van der Waals surface area (Å²) in [6.07, 6.45) is -1.61. The van der Waals surface area contributed by atoms with E-state index in [-0.39, 0.29) is 12.4 Å². The van der Waals surface area contributed by atoms with Crippen LogP contribution in [0.15, 0.2) is 0 Å². The lowest BCUT2D eigenvalue weighted by molar-refractivity contribution is -0.168. The van der Waals surface area contributed by atoms with E-state index in [1.165, 1.54) is 0 Å². The van der Waals surface area contributed by atoms with Crippen LogP contribution in [0.25, 0.3) is 0 Å². The summed E-state index contributed by atoms with van der Waals surface area (Å²) in [5.74, 6) is -3.45. The molecule has 2 aliphatic rings. The summed E-state index contributed by atoms with van der Waals surface area (Å²) in [4.78, 5) is 8.62. The molecule has 3 rings (SSSR count). The number of nitrogens with one attached hydrogen (secondary N) is 1. The van der Waals surface area contributed by atoms with E-state index in [0.29, 0.717) is 19.0 Å². The molecule has 0 unspecified atom stereocenters. The van der Waals surface area contributed by atoms with E-state index in [9.17, 15) is 17.6 Å². The molecule has 4 nitrogen and oxygen atoms in total. The molecule has 1 aromatic heterocycles. The average molecular weight is 305 g/mol. The van der Waals surface area contributed by atoms with Crippen molar-refractivity contribution in [1.82, 2.24) is 15.3 Å². The molecule has 1 N–H and O–H groups in total. The predicted octanol–water partition coefficient (Wildman–Crippen LogP) is 2.37. The molecule has 21 heavy (non-hydrogen) atoms. The minimum atomic E-state index is -4.14. The summed E-state index contributed by atoms with van der Waals surface area (Å²) in [5, 5.41) is 3.17. The Morgan fingerprint density at radius 2 is 2.00 bits per heavy atom. The lowest BCUT2D eigenvalue weighted by Crippen LogP contribution is -2.32. The molecule has 0 bridgehead atoms. The molecule has 0 radical (unpaired) electrons. The summed E-state index contributed by atoms with van der Waals surface area (Å²) >= 11 is 0. The van der Waals surface area contributed by atoms with E-state index in [0.717, 1.165) is 29.8 Å². The highest BCUT2D eigenvalue weighted by Gasteiger charge is 2.41. The minimum absolute atomic E-state index is 0.282. The number of nitrogens with zero attached hydrogens (tertiary/aromatic N) is 2. The van der Waals surface area contributed by atoms with Gasteiger partial charge in [0.05, 0.1) is 11.4 Å². The summed E-state index contributed by atoms with van der Waals surface area (Å²) in [6.45, 7) is -0.291. The summed E-state index contributed by atoms with van der Waals surface area (Å²) < 4.78 is 54.3. The van der Waals surface area contributed by atoms with Gasteiger partial charge in [-0.3, -0.25) is 0 Å². The van der Waals surface area contributed by atoms with Crippen LogP contribution in [0.5, 0.6) is 0 Å². The van der Waals surface area contributed by atoms with E-state index in [4.69, 9.17) is 0 Å². The average Bonchev–Trinajstić information content (AvgIpc) is 3.15. The Hall–Kier alpha value is -1.28. The van der Waals surface area contributed by atoms with Crippen LogP contribution in [0.3, 0.4) is 0 Å². The Morgan fingerprint density at radius 3 is 2.67 bits per heavy atom. The minimum Gasteiger partial charge on any atom is -0.367 e. The van der Waals surface area contributed by atoms with E-state index in [1.807, 2.05) is 0 Å². The fraction of sp³-hybridized carbons (Fsp3) is 0.692. The van der Waals surface area contributed by atoms with Crippen molar-refractivity contribution in [1.29, 1.82) is 0 Å². The van der Waals surface area contributed by atoms with Crippen LogP contribution in [0.1, 0.15) is 41.5 Å². The Kier molecular flexibility index (Phi) is 3.83. The summed E-state index contributed by atoms with van der Waals surface area (Å²) in [7, 11) is 0. The monoisotopic (exact) mass is 305 g/mol. The van der Waals surface area contributed by atoms with Gasteiger partial charge in [0, 0.05) is 24.6 Å². The normalized spacial score (nSPS) is 18.3. The van der Waals surface area contributed by atoms with Gasteiger partial charge >= 0.3 is 12.3 Å². The Labute approximate surface area is 118 Å². The molecule has 0 amide bonds. The zero-order valence-electron chi connectivity index (χ0n) is 11.2. The molecule has 1 saturated carbocycles. The molecule has 2 heterocycles. The van der Waals surface area contributed by atoms with Crippen molar-refractivity contribution in [2.24, 2.45) is 0 Å². The Bertz CT molecular complexity index is 534. The van der Waals surface area contributed by atoms with Gasteiger partial charge in [-0.1, -0.05) is 0 Å². The van der Waals surface area contributed by atoms with Crippen LogP contribution in [0.4, 0.5) is 17.6 Å². The molecule has 8 heteroatoms. The molecular formula is C13H15F4N3O. The van der Waals surface area contributed by atoms with Crippen molar-refractivity contribution in [3.8, 4) is 0 Å². The van der Waals surface area contributed by atoms with Crippen LogP contribution in [0, 0.1) is 0 Å². The SMILES string of the molecule is FC(F)C(F)(F)COCc1nc2c(c(C3CC3)n1)CNC2. The summed E-state index contributed by atoms with van der Waals surface area (Å²) in [6, 6.07) is 0. The fourth-order valence-corrected chi connectivity index (χ4v) is 2.35. The van der Waals surface area contributed by atoms with E-state index in [2.05, 4.69) is 20.0 Å². The lowest BCUT2D eigenvalue weighted by atomic mass is 10.1. The molecule has 1 aromatic rings. The largest absolute Gasteiger partial charge is 0.367 e. The third kappa shape index (κ3) is 3.16. The van der Waals surface area contributed by atoms with Gasteiger partial charge in [-0.25, -0.2) is 18.7 Å². The van der Waals surface area contributed by atoms with Crippen LogP contribution in [0.2, 0.25) is 0 Å². The van der Waals surface area contributed by atoms with Gasteiger partial charge < -0.3 is 10.1 Å². The molecule has 0 atom stereocenters. The van der Waals surface area contributed by atoms with Gasteiger partial charge in [0.15, 0.2) is 5.82 Å². The number of hydrogen-bond donors (Lipinski definition) is 1. The standard InChI is InChI=1S/C13H15F4N3O/c14-12(15)13(16,17)6-21-5-10-19-9-4-18-3-8(9)11(20-10)7-1-2-7/h7,12,18H,1-6H2. The van der Waals surface area contributed by atoms with Crippen molar-refractivity contribution in [3.63, 3.8) is 0 Å². The first-order valence-corrected chi connectivity index (χ1v) is 6.80. The fourth-order valence-electron chi connectivity index (χ4n) is 2.35. The van der Waals surface area contributed by atoms with Crippen molar-refractivity contribution in [2.75, 3.05) is 6.61 Å². The molecule has 1 aliphatic carbocycles. The number of rotatable bonds is 6. The third-order valence-corrected chi connectivity index (χ3v) is 3.57. The maximum atomic E-state index is 12.8. The van der Waals surface area contributed by atoms with Crippen LogP contribution < -0.4 is 5.32 Å². The lowest BCUT2D eigenvalue weighted by Gasteiger charge is -2.15. The van der Waals surface area contributed by atoms with Crippen LogP contribution in [-0.4, -0.2) is 28.9 Å². The zero-order valence-corrected chi connectivity index (χ0v) is 11.2. The molecule has 1 fully saturated rings. The highest BCUT2D eigenvalue weighted by Crippen LogP contribution is 2.41. The van der Waals surface area contributed by atoms with Crippen molar-refractivity contribution in [3.05, 3.63) is 22.8 Å². The van der Waals surface area contributed by atoms with Crippen molar-refractivity contribution < 1.29 is 22.3 Å². The third-order valence-electron chi connectivity index (χ3n) is 3.57. The number of hydrogen-bond acceptors (Lipinski definition) is 4. The molecule has 1 aliphatic heterocycles. The second-order valence-electron chi connectivity index (χ2n) is 5.38. The molecular weight excluding hydrogens is 290 g/mol. The second kappa shape index (κ2) is 5.49. The highest BCUT2D eigenvalue weighted by molar-refractivity contribution is 5.33. The van der Waals surface area contributed by atoms with E-state index >= 15 is 0 Å². The first kappa shape index (κ1) is 14.6. The number of alkyl halides is 4. The van der Waals surface area contributed by atoms with E-state index < -0.39 is 19.0 Å². The Morgan fingerprint density at radius 1 is 1.24 bits per heavy atom. The van der Waals surface area contributed by atoms with Crippen molar-refractivity contribution >= 4 is 0 Å². The molecule has 0 spiro atoms. The maximum absolute atomic E-state index is 12.8. The van der Waals surface area contributed by atoms with Gasteiger partial charge in [0.2, 0.25) is 0 Å². The molecule has 0 saturated heterocycles. The first-order chi connectivity index (χ1) is 9.97. The maximum Gasteiger partial charge on any atom is 0.330 e. The quantitative estimate of drug-likeness (QED) is 0.820. The highest BCUT2D eigenvalue weighted by atomic mass is 19.3. The predicted molar refractivity (Wildman–Crippen MR) is 65.2 cm³/mol. The molecule has 0 aromatic carbocycles. The van der Waals surface area contributed by atoms with Crippen LogP contribution in [-0.2, 0) is 24.4 Å². The van der Waals surface area contributed by atoms with Gasteiger partial charge in [0.1, 0.15) is 13.2 Å². The second-order valence-corrected chi connectivity index (χ2v) is 5.38. The van der Waals surface area contributed by atoms with Crippen LogP contribution >= 0.6 is 0 Å². The van der Waals surface area contributed by atoms with Gasteiger partial charge in [-0.05, 0) is 12.8 Å². The van der Waals surface area contributed by atoms with Gasteiger partial charge in [0.25, 0.3) is 0 Å². The zero-order chi connectivity index (χ0) is 15.0. The summed E-state index contributed by atoms with van der Waals surface area (Å²) in [5.41, 5.74) is 2.88. The number of aromatic nitrogens is 2. The van der Waals surface area contributed by atoms with Gasteiger partial charge in [-0.2, -0.15) is 8.78 Å². The number of ether oxygens (including phenoxy) is 1. The number of fused-ring (bicyclic) bond motifs is 1. The van der Waals surface area contributed by atoms with Gasteiger partial charge in [-0.15, -0.1) is 0 Å². The van der Waals surface area contributed by atoms with E-state index in [1.54, 1.807) is 0 Å². The van der Waals surface area contributed by atoms with Crippen molar-refractivity contribution in [2.45, 2.75) is 50.8 Å². The smallest absolute Gasteiger partial charge is 0.330 e. The first-order valence-electron chi connectivity index (χ1n) is 6.80. The molecule has 116 valence electrons.